The second-order valence-electron chi connectivity index (χ2n) is 16.9. The van der Waals surface area contributed by atoms with E-state index in [4.69, 9.17) is 14.2 Å². The Morgan fingerprint density at radius 1 is 1.02 bits per heavy atom. The van der Waals surface area contributed by atoms with Gasteiger partial charge in [0.2, 0.25) is 0 Å². The molecule has 6 fully saturated rings. The van der Waals surface area contributed by atoms with Gasteiger partial charge < -0.3 is 29.5 Å². The molecule has 1 heterocycles. The van der Waals surface area contributed by atoms with Crippen LogP contribution in [-0.2, 0) is 23.8 Å². The first-order valence-electron chi connectivity index (χ1n) is 16.4. The van der Waals surface area contributed by atoms with Crippen LogP contribution in [0.4, 0.5) is 0 Å². The van der Waals surface area contributed by atoms with Gasteiger partial charge in [-0.3, -0.25) is 4.79 Å². The summed E-state index contributed by atoms with van der Waals surface area (Å²) >= 11 is 0. The fourth-order valence-electron chi connectivity index (χ4n) is 12.8. The summed E-state index contributed by atoms with van der Waals surface area (Å²) in [6, 6.07) is 0. The maximum absolute atomic E-state index is 12.4. The molecule has 2 spiro atoms. The third kappa shape index (κ3) is 3.86. The van der Waals surface area contributed by atoms with Crippen LogP contribution in [0.25, 0.3) is 0 Å². The SMILES string of the molecule is CC(=O)O[C@@H]([C@H]1C[C@@H](C)C2C(O1)[C@H](O)[C@@]1(C)[C@@H]3CC[C@H]4C(C)(C)[C@@H](OCC(=O)O)CC[C@@]45C[C@@]35CC[C@]21C)C(C)(C)O. The monoisotopic (exact) mass is 590 g/mol. The largest absolute Gasteiger partial charge is 0.480 e. The summed E-state index contributed by atoms with van der Waals surface area (Å²) in [5.74, 6) is -0.0398. The van der Waals surface area contributed by atoms with Gasteiger partial charge in [0, 0.05) is 12.3 Å². The minimum atomic E-state index is -1.27. The normalized spacial score (nSPS) is 51.2. The molecule has 0 bridgehead atoms. The predicted molar refractivity (Wildman–Crippen MR) is 155 cm³/mol. The number of aliphatic hydroxyl groups excluding tert-OH is 1. The highest BCUT2D eigenvalue weighted by atomic mass is 16.6. The van der Waals surface area contributed by atoms with Crippen LogP contribution in [0.2, 0.25) is 0 Å². The highest BCUT2D eigenvalue weighted by molar-refractivity contribution is 5.68. The van der Waals surface area contributed by atoms with E-state index >= 15 is 0 Å². The molecule has 8 nitrogen and oxygen atoms in total. The summed E-state index contributed by atoms with van der Waals surface area (Å²) in [5.41, 5.74) is -1.34. The Balaban J connectivity index is 1.30. The molecule has 1 saturated heterocycles. The molecule has 0 aromatic heterocycles. The lowest BCUT2D eigenvalue weighted by Gasteiger charge is -2.63. The van der Waals surface area contributed by atoms with Gasteiger partial charge in [-0.1, -0.05) is 34.6 Å². The number of aliphatic carboxylic acids is 1. The van der Waals surface area contributed by atoms with Gasteiger partial charge in [0.25, 0.3) is 0 Å². The summed E-state index contributed by atoms with van der Waals surface area (Å²) in [6.07, 6.45) is 5.86. The molecule has 8 heteroatoms. The van der Waals surface area contributed by atoms with Gasteiger partial charge in [-0.15, -0.1) is 0 Å². The number of aliphatic hydroxyl groups is 2. The first-order valence-corrected chi connectivity index (χ1v) is 16.4. The van der Waals surface area contributed by atoms with E-state index in [1.54, 1.807) is 13.8 Å². The predicted octanol–water partition coefficient (Wildman–Crippen LogP) is 4.97. The Bertz CT molecular complexity index is 1130. The third-order valence-corrected chi connectivity index (χ3v) is 14.5. The summed E-state index contributed by atoms with van der Waals surface area (Å²) in [5, 5.41) is 32.6. The highest BCUT2D eigenvalue weighted by Crippen LogP contribution is 2.89. The Labute approximate surface area is 251 Å². The summed E-state index contributed by atoms with van der Waals surface area (Å²) in [4.78, 5) is 23.3. The van der Waals surface area contributed by atoms with Crippen molar-refractivity contribution < 1.29 is 39.1 Å². The Morgan fingerprint density at radius 2 is 1.67 bits per heavy atom. The van der Waals surface area contributed by atoms with E-state index < -0.39 is 35.9 Å². The van der Waals surface area contributed by atoms with E-state index in [9.17, 15) is 24.9 Å². The number of fused-ring (bicyclic) bond motifs is 4. The van der Waals surface area contributed by atoms with Gasteiger partial charge in [-0.05, 0) is 111 Å². The number of rotatable bonds is 6. The summed E-state index contributed by atoms with van der Waals surface area (Å²) in [7, 11) is 0. The lowest BCUT2D eigenvalue weighted by molar-refractivity contribution is -0.216. The fourth-order valence-corrected chi connectivity index (χ4v) is 12.8. The van der Waals surface area contributed by atoms with Crippen LogP contribution in [0.1, 0.15) is 107 Å². The van der Waals surface area contributed by atoms with Crippen molar-refractivity contribution in [3.63, 3.8) is 0 Å². The molecule has 6 rings (SSSR count). The lowest BCUT2D eigenvalue weighted by Crippen LogP contribution is -2.60. The maximum atomic E-state index is 12.4. The first kappa shape index (κ1) is 30.8. The molecule has 0 radical (unpaired) electrons. The van der Waals surface area contributed by atoms with Gasteiger partial charge in [0.1, 0.15) is 6.61 Å². The smallest absolute Gasteiger partial charge is 0.329 e. The molecule has 0 aromatic carbocycles. The van der Waals surface area contributed by atoms with Crippen LogP contribution in [0.3, 0.4) is 0 Å². The number of esters is 1. The Kier molecular flexibility index (Phi) is 6.89. The van der Waals surface area contributed by atoms with Crippen molar-refractivity contribution in [2.24, 2.45) is 50.7 Å². The summed E-state index contributed by atoms with van der Waals surface area (Å²) < 4.78 is 18.4. The molecule has 2 unspecified atom stereocenters. The fraction of sp³-hybridized carbons (Fsp3) is 0.941. The van der Waals surface area contributed by atoms with E-state index in [1.807, 2.05) is 0 Å². The molecule has 5 saturated carbocycles. The van der Waals surface area contributed by atoms with Gasteiger partial charge in [-0.2, -0.15) is 0 Å². The van der Waals surface area contributed by atoms with Crippen molar-refractivity contribution in [3.8, 4) is 0 Å². The average molecular weight is 591 g/mol. The van der Waals surface area contributed by atoms with Crippen LogP contribution in [-0.4, -0.2) is 70.0 Å². The third-order valence-electron chi connectivity index (χ3n) is 14.5. The number of carbonyl (C=O) groups is 2. The van der Waals surface area contributed by atoms with Crippen LogP contribution >= 0.6 is 0 Å². The number of carboxylic acids is 1. The van der Waals surface area contributed by atoms with Crippen molar-refractivity contribution in [2.75, 3.05) is 6.61 Å². The zero-order valence-corrected chi connectivity index (χ0v) is 26.9. The van der Waals surface area contributed by atoms with Crippen molar-refractivity contribution in [2.45, 2.75) is 143 Å². The van der Waals surface area contributed by atoms with Gasteiger partial charge >= 0.3 is 11.9 Å². The number of hydrogen-bond acceptors (Lipinski definition) is 7. The highest BCUT2D eigenvalue weighted by Gasteiger charge is 2.84. The number of carbonyl (C=O) groups excluding carboxylic acids is 1. The van der Waals surface area contributed by atoms with Crippen LogP contribution in [0.15, 0.2) is 0 Å². The van der Waals surface area contributed by atoms with Crippen molar-refractivity contribution >= 4 is 11.9 Å². The van der Waals surface area contributed by atoms with Gasteiger partial charge in [-0.25, -0.2) is 4.79 Å². The molecule has 42 heavy (non-hydrogen) atoms. The number of ether oxygens (including phenoxy) is 3. The topological polar surface area (TPSA) is 123 Å². The van der Waals surface area contributed by atoms with E-state index in [0.29, 0.717) is 18.3 Å². The first-order chi connectivity index (χ1) is 19.4. The molecule has 1 aliphatic heterocycles. The molecule has 238 valence electrons. The molecular weight excluding hydrogens is 536 g/mol. The Morgan fingerprint density at radius 3 is 2.29 bits per heavy atom. The van der Waals surface area contributed by atoms with Crippen LogP contribution in [0, 0.1) is 50.7 Å². The second kappa shape index (κ2) is 9.40. The minimum absolute atomic E-state index is 0.0464. The molecule has 0 amide bonds. The molecule has 13 atom stereocenters. The van der Waals surface area contributed by atoms with Crippen molar-refractivity contribution in [3.05, 3.63) is 0 Å². The minimum Gasteiger partial charge on any atom is -0.480 e. The zero-order valence-electron chi connectivity index (χ0n) is 26.9. The zero-order chi connectivity index (χ0) is 30.8. The lowest BCUT2D eigenvalue weighted by atomic mass is 9.41. The molecular formula is C34H54O8. The molecule has 0 aromatic rings. The van der Waals surface area contributed by atoms with Gasteiger partial charge in [0.05, 0.1) is 30.0 Å². The average Bonchev–Trinajstić information content (AvgIpc) is 3.50. The maximum Gasteiger partial charge on any atom is 0.329 e. The van der Waals surface area contributed by atoms with Crippen LogP contribution < -0.4 is 0 Å². The number of carboxylic acid groups (broad SMARTS) is 1. The van der Waals surface area contributed by atoms with E-state index in [0.717, 1.165) is 32.1 Å². The number of hydrogen-bond donors (Lipinski definition) is 3. The van der Waals surface area contributed by atoms with Crippen LogP contribution in [0.5, 0.6) is 0 Å². The Hall–Kier alpha value is -1.22. The van der Waals surface area contributed by atoms with E-state index in [-0.39, 0.29) is 57.7 Å². The molecule has 3 N–H and O–H groups in total. The summed E-state index contributed by atoms with van der Waals surface area (Å²) in [6.45, 7) is 16.1. The standard InChI is InChI=1S/C34H54O8/c1-18-15-20(28(30(5,6)39)41-19(2)35)42-26-25(18)31(7)13-14-34-17-33(34)12-11-23(40-16-24(36)37)29(3,4)21(33)9-10-22(34)32(31,8)27(26)38/h18,20-23,25-28,38-39H,9-17H2,1-8H3,(H,36,37)/t18-,20-,21+,22+,23+,25?,26?,27+,28+,31-,32-,33-,34+/m1/s1. The van der Waals surface area contributed by atoms with Crippen molar-refractivity contribution in [1.82, 2.24) is 0 Å². The second-order valence-corrected chi connectivity index (χ2v) is 16.9. The van der Waals surface area contributed by atoms with E-state index in [2.05, 4.69) is 34.6 Å². The van der Waals surface area contributed by atoms with E-state index in [1.165, 1.54) is 19.8 Å². The molecule has 6 aliphatic rings. The quantitative estimate of drug-likeness (QED) is 0.371. The van der Waals surface area contributed by atoms with Gasteiger partial charge in [0.15, 0.2) is 6.10 Å². The van der Waals surface area contributed by atoms with Crippen molar-refractivity contribution in [1.29, 1.82) is 0 Å². The molecule has 5 aliphatic carbocycles.